The first-order valence-corrected chi connectivity index (χ1v) is 8.55. The van der Waals surface area contributed by atoms with Crippen LogP contribution in [0.25, 0.3) is 0 Å². The molecule has 2 aromatic rings. The molecule has 3 heteroatoms. The fraction of sp³-hybridized carbons (Fsp3) is 0.389. The number of benzene rings is 1. The van der Waals surface area contributed by atoms with Crippen LogP contribution in [0.2, 0.25) is 0 Å². The van der Waals surface area contributed by atoms with Crippen molar-refractivity contribution in [2.75, 3.05) is 11.4 Å². The highest BCUT2D eigenvalue weighted by molar-refractivity contribution is 7.14. The molecular formula is C18H19NOS. The molecular weight excluding hydrogens is 278 g/mol. The van der Waals surface area contributed by atoms with E-state index in [1.165, 1.54) is 22.4 Å². The third kappa shape index (κ3) is 2.20. The molecule has 1 atom stereocenters. The van der Waals surface area contributed by atoms with Crippen LogP contribution in [0.3, 0.4) is 0 Å². The number of amides is 1. The number of hydrogen-bond acceptors (Lipinski definition) is 2. The van der Waals surface area contributed by atoms with E-state index < -0.39 is 0 Å². The van der Waals surface area contributed by atoms with Crippen LogP contribution >= 0.6 is 11.3 Å². The van der Waals surface area contributed by atoms with E-state index >= 15 is 0 Å². The minimum absolute atomic E-state index is 0.187. The smallest absolute Gasteiger partial charge is 0.268 e. The van der Waals surface area contributed by atoms with Gasteiger partial charge < -0.3 is 4.90 Å². The van der Waals surface area contributed by atoms with E-state index in [0.717, 1.165) is 42.3 Å². The molecule has 1 amide bonds. The van der Waals surface area contributed by atoms with Crippen LogP contribution in [-0.4, -0.2) is 12.5 Å². The Balaban J connectivity index is 1.65. The Morgan fingerprint density at radius 3 is 3.00 bits per heavy atom. The number of para-hydroxylation sites is 1. The molecule has 2 nitrogen and oxygen atoms in total. The minimum atomic E-state index is 0.187. The summed E-state index contributed by atoms with van der Waals surface area (Å²) in [5.74, 6) is 0.939. The summed E-state index contributed by atoms with van der Waals surface area (Å²) in [5, 5.41) is 0. The summed E-state index contributed by atoms with van der Waals surface area (Å²) in [4.78, 5) is 17.2. The average molecular weight is 297 g/mol. The lowest BCUT2D eigenvalue weighted by molar-refractivity contribution is 0.0993. The number of nitrogens with zero attached hydrogens (tertiary/aromatic N) is 1. The standard InChI is InChI=1S/C18H19NOS/c1-12-6-7-16-14(10-12)11-17(21-16)18(20)19-9-8-13-4-2-3-5-15(13)19/h2-5,11-12H,6-10H2,1H3/t12-/m1/s1. The molecule has 0 radical (unpaired) electrons. The van der Waals surface area contributed by atoms with Gasteiger partial charge >= 0.3 is 0 Å². The molecule has 1 aromatic carbocycles. The van der Waals surface area contributed by atoms with Crippen molar-refractivity contribution in [1.82, 2.24) is 0 Å². The van der Waals surface area contributed by atoms with Crippen molar-refractivity contribution in [3.63, 3.8) is 0 Å². The first kappa shape index (κ1) is 13.1. The maximum absolute atomic E-state index is 12.8. The van der Waals surface area contributed by atoms with Gasteiger partial charge in [-0.2, -0.15) is 0 Å². The summed E-state index contributed by atoms with van der Waals surface area (Å²) in [6.07, 6.45) is 4.51. The maximum Gasteiger partial charge on any atom is 0.268 e. The number of rotatable bonds is 1. The van der Waals surface area contributed by atoms with Crippen molar-refractivity contribution in [2.24, 2.45) is 5.92 Å². The quantitative estimate of drug-likeness (QED) is 0.777. The number of anilines is 1. The highest BCUT2D eigenvalue weighted by Crippen LogP contribution is 2.35. The second-order valence-corrected chi connectivity index (χ2v) is 7.38. The fourth-order valence-corrected chi connectivity index (χ4v) is 4.65. The lowest BCUT2D eigenvalue weighted by Crippen LogP contribution is -2.28. The normalized spacial score (nSPS) is 20.2. The average Bonchev–Trinajstić information content (AvgIpc) is 3.09. The summed E-state index contributed by atoms with van der Waals surface area (Å²) in [5.41, 5.74) is 3.80. The van der Waals surface area contributed by atoms with Crippen molar-refractivity contribution >= 4 is 22.9 Å². The Morgan fingerprint density at radius 2 is 2.10 bits per heavy atom. The van der Waals surface area contributed by atoms with Gasteiger partial charge in [-0.15, -0.1) is 11.3 Å². The predicted octanol–water partition coefficient (Wildman–Crippen LogP) is 4.08. The summed E-state index contributed by atoms with van der Waals surface area (Å²) in [7, 11) is 0. The van der Waals surface area contributed by atoms with Gasteiger partial charge in [0.05, 0.1) is 4.88 Å². The van der Waals surface area contributed by atoms with Crippen LogP contribution < -0.4 is 4.90 Å². The fourth-order valence-electron chi connectivity index (χ4n) is 3.49. The van der Waals surface area contributed by atoms with Crippen LogP contribution in [0, 0.1) is 5.92 Å². The van der Waals surface area contributed by atoms with Crippen LogP contribution in [0.4, 0.5) is 5.69 Å². The van der Waals surface area contributed by atoms with Crippen molar-refractivity contribution in [1.29, 1.82) is 0 Å². The molecule has 0 unspecified atom stereocenters. The summed E-state index contributed by atoms with van der Waals surface area (Å²) in [6, 6.07) is 10.4. The second-order valence-electron chi connectivity index (χ2n) is 6.24. The van der Waals surface area contributed by atoms with E-state index in [0.29, 0.717) is 0 Å². The molecule has 0 bridgehead atoms. The predicted molar refractivity (Wildman–Crippen MR) is 87.3 cm³/mol. The van der Waals surface area contributed by atoms with Gasteiger partial charge in [-0.25, -0.2) is 0 Å². The van der Waals surface area contributed by atoms with Gasteiger partial charge in [-0.05, 0) is 54.9 Å². The van der Waals surface area contributed by atoms with E-state index in [-0.39, 0.29) is 5.91 Å². The molecule has 21 heavy (non-hydrogen) atoms. The Hall–Kier alpha value is -1.61. The number of fused-ring (bicyclic) bond motifs is 2. The van der Waals surface area contributed by atoms with Crippen LogP contribution in [0.15, 0.2) is 30.3 Å². The Kier molecular flexibility index (Phi) is 3.11. The van der Waals surface area contributed by atoms with Gasteiger partial charge in [0.2, 0.25) is 0 Å². The highest BCUT2D eigenvalue weighted by atomic mass is 32.1. The topological polar surface area (TPSA) is 20.3 Å². The molecule has 2 aliphatic rings. The van der Waals surface area contributed by atoms with E-state index in [1.54, 1.807) is 11.3 Å². The minimum Gasteiger partial charge on any atom is -0.307 e. The van der Waals surface area contributed by atoms with Crippen LogP contribution in [0.5, 0.6) is 0 Å². The number of carbonyl (C=O) groups excluding carboxylic acids is 1. The number of carbonyl (C=O) groups is 1. The zero-order chi connectivity index (χ0) is 14.4. The van der Waals surface area contributed by atoms with Crippen molar-refractivity contribution in [3.8, 4) is 0 Å². The lowest BCUT2D eigenvalue weighted by Gasteiger charge is -2.16. The van der Waals surface area contributed by atoms with Gasteiger partial charge in [-0.3, -0.25) is 4.79 Å². The summed E-state index contributed by atoms with van der Waals surface area (Å²) < 4.78 is 0. The third-order valence-electron chi connectivity index (χ3n) is 4.67. The van der Waals surface area contributed by atoms with Gasteiger partial charge in [0.1, 0.15) is 0 Å². The number of aryl methyl sites for hydroxylation is 1. The first-order valence-electron chi connectivity index (χ1n) is 7.74. The summed E-state index contributed by atoms with van der Waals surface area (Å²) >= 11 is 1.72. The Bertz CT molecular complexity index is 703. The second kappa shape index (κ2) is 4.99. The molecule has 1 aliphatic heterocycles. The van der Waals surface area contributed by atoms with Crippen molar-refractivity contribution in [2.45, 2.75) is 32.6 Å². The molecule has 0 fully saturated rings. The van der Waals surface area contributed by atoms with E-state index in [4.69, 9.17) is 0 Å². The van der Waals surface area contributed by atoms with Crippen molar-refractivity contribution in [3.05, 3.63) is 51.2 Å². The molecule has 2 heterocycles. The highest BCUT2D eigenvalue weighted by Gasteiger charge is 2.28. The van der Waals surface area contributed by atoms with E-state index in [9.17, 15) is 4.79 Å². The van der Waals surface area contributed by atoms with E-state index in [1.807, 2.05) is 11.0 Å². The molecule has 0 saturated carbocycles. The molecule has 0 spiro atoms. The van der Waals surface area contributed by atoms with Crippen LogP contribution in [0.1, 0.15) is 39.0 Å². The number of thiophene rings is 1. The largest absolute Gasteiger partial charge is 0.307 e. The first-order chi connectivity index (χ1) is 10.2. The van der Waals surface area contributed by atoms with Gasteiger partial charge in [0.25, 0.3) is 5.91 Å². The SMILES string of the molecule is C[C@@H]1CCc2sc(C(=O)N3CCc4ccccc43)cc2C1. The monoisotopic (exact) mass is 297 g/mol. The zero-order valence-electron chi connectivity index (χ0n) is 12.3. The molecule has 108 valence electrons. The van der Waals surface area contributed by atoms with Gasteiger partial charge in [-0.1, -0.05) is 25.1 Å². The van der Waals surface area contributed by atoms with E-state index in [2.05, 4.69) is 31.2 Å². The van der Waals surface area contributed by atoms with Crippen molar-refractivity contribution < 1.29 is 4.79 Å². The van der Waals surface area contributed by atoms with Gasteiger partial charge in [0, 0.05) is 17.1 Å². The maximum atomic E-state index is 12.8. The van der Waals surface area contributed by atoms with Gasteiger partial charge in [0.15, 0.2) is 0 Å². The lowest BCUT2D eigenvalue weighted by atomic mass is 9.90. The zero-order valence-corrected chi connectivity index (χ0v) is 13.1. The molecule has 1 aromatic heterocycles. The molecule has 1 aliphatic carbocycles. The third-order valence-corrected chi connectivity index (χ3v) is 5.90. The summed E-state index contributed by atoms with van der Waals surface area (Å²) in [6.45, 7) is 3.12. The number of hydrogen-bond donors (Lipinski definition) is 0. The molecule has 0 N–H and O–H groups in total. The Labute approximate surface area is 129 Å². The molecule has 4 rings (SSSR count). The van der Waals surface area contributed by atoms with Crippen LogP contribution in [-0.2, 0) is 19.3 Å². The Morgan fingerprint density at radius 1 is 1.24 bits per heavy atom. The molecule has 0 saturated heterocycles.